The summed E-state index contributed by atoms with van der Waals surface area (Å²) >= 11 is 1.23. The van der Waals surface area contributed by atoms with Gasteiger partial charge in [0.1, 0.15) is 4.88 Å². The topological polar surface area (TPSA) is 72.5 Å². The number of thiophene rings is 1. The Balaban J connectivity index is 2.47. The van der Waals surface area contributed by atoms with E-state index in [2.05, 4.69) is 4.72 Å². The first-order chi connectivity index (χ1) is 10.6. The first-order valence-electron chi connectivity index (χ1n) is 6.95. The third kappa shape index (κ3) is 3.92. The zero-order valence-corrected chi connectivity index (χ0v) is 15.0. The number of methoxy groups -OCH3 is 1. The van der Waals surface area contributed by atoms with Gasteiger partial charge in [0, 0.05) is 4.88 Å². The summed E-state index contributed by atoms with van der Waals surface area (Å²) < 4.78 is 32.2. The van der Waals surface area contributed by atoms with Gasteiger partial charge in [-0.25, -0.2) is 13.2 Å². The molecule has 0 fully saturated rings. The van der Waals surface area contributed by atoms with Gasteiger partial charge < -0.3 is 4.74 Å². The maximum atomic E-state index is 12.5. The van der Waals surface area contributed by atoms with E-state index in [1.54, 1.807) is 24.3 Å². The van der Waals surface area contributed by atoms with Crippen molar-refractivity contribution in [3.8, 4) is 0 Å². The van der Waals surface area contributed by atoms with E-state index in [0.717, 1.165) is 4.88 Å². The molecule has 0 saturated heterocycles. The zero-order valence-electron chi connectivity index (χ0n) is 13.4. The monoisotopic (exact) mass is 353 g/mol. The fraction of sp³-hybridized carbons (Fsp3) is 0.312. The molecule has 1 N–H and O–H groups in total. The number of benzene rings is 1. The lowest BCUT2D eigenvalue weighted by Crippen LogP contribution is -2.14. The van der Waals surface area contributed by atoms with Gasteiger partial charge in [-0.2, -0.15) is 0 Å². The summed E-state index contributed by atoms with van der Waals surface area (Å²) in [6, 6.07) is 9.71. The summed E-state index contributed by atoms with van der Waals surface area (Å²) in [5.74, 6) is -0.559. The highest BCUT2D eigenvalue weighted by Crippen LogP contribution is 2.36. The van der Waals surface area contributed by atoms with Gasteiger partial charge in [-0.3, -0.25) is 4.72 Å². The van der Waals surface area contributed by atoms with E-state index in [1.807, 2.05) is 20.8 Å². The van der Waals surface area contributed by atoms with Crippen LogP contribution in [0.3, 0.4) is 0 Å². The van der Waals surface area contributed by atoms with E-state index in [-0.39, 0.29) is 20.9 Å². The van der Waals surface area contributed by atoms with Gasteiger partial charge in [-0.1, -0.05) is 39.0 Å². The number of carbonyl (C=O) groups excluding carboxylic acids is 1. The fourth-order valence-electron chi connectivity index (χ4n) is 1.88. The molecule has 124 valence electrons. The van der Waals surface area contributed by atoms with Crippen LogP contribution in [0.2, 0.25) is 0 Å². The van der Waals surface area contributed by atoms with Crippen LogP contribution in [0.1, 0.15) is 35.3 Å². The molecule has 0 aliphatic heterocycles. The average molecular weight is 353 g/mol. The second kappa shape index (κ2) is 6.33. The molecule has 5 nitrogen and oxygen atoms in total. The molecule has 0 spiro atoms. The molecule has 0 atom stereocenters. The fourth-order valence-corrected chi connectivity index (χ4v) is 4.12. The molecular weight excluding hydrogens is 334 g/mol. The number of carbonyl (C=O) groups is 1. The number of nitrogens with one attached hydrogen (secondary N) is 1. The van der Waals surface area contributed by atoms with Crippen LogP contribution in [0.25, 0.3) is 0 Å². The standard InChI is InChI=1S/C16H19NO4S2/c1-16(2,3)13-10-12(14(22-13)15(18)21-4)17-23(19,20)11-8-6-5-7-9-11/h5-10,17H,1-4H3. The molecule has 0 radical (unpaired) electrons. The lowest BCUT2D eigenvalue weighted by atomic mass is 9.95. The normalized spacial score (nSPS) is 12.0. The lowest BCUT2D eigenvalue weighted by molar-refractivity contribution is 0.0607. The van der Waals surface area contributed by atoms with Gasteiger partial charge in [0.25, 0.3) is 10.0 Å². The van der Waals surface area contributed by atoms with Gasteiger partial charge >= 0.3 is 5.97 Å². The number of anilines is 1. The van der Waals surface area contributed by atoms with Gasteiger partial charge in [0.2, 0.25) is 0 Å². The predicted octanol–water partition coefficient (Wildman–Crippen LogP) is 3.63. The molecule has 0 aliphatic carbocycles. The number of sulfonamides is 1. The maximum Gasteiger partial charge on any atom is 0.350 e. The largest absolute Gasteiger partial charge is 0.465 e. The van der Waals surface area contributed by atoms with E-state index in [4.69, 9.17) is 4.74 Å². The minimum Gasteiger partial charge on any atom is -0.465 e. The summed E-state index contributed by atoms with van der Waals surface area (Å²) in [6.07, 6.45) is 0. The highest BCUT2D eigenvalue weighted by atomic mass is 32.2. The van der Waals surface area contributed by atoms with Gasteiger partial charge in [0.05, 0.1) is 17.7 Å². The van der Waals surface area contributed by atoms with Crippen molar-refractivity contribution in [3.05, 3.63) is 46.2 Å². The molecule has 0 bridgehead atoms. The summed E-state index contributed by atoms with van der Waals surface area (Å²) in [4.78, 5) is 13.2. The summed E-state index contributed by atoms with van der Waals surface area (Å²) in [6.45, 7) is 5.99. The zero-order chi connectivity index (χ0) is 17.3. The van der Waals surface area contributed by atoms with Crippen LogP contribution in [0.15, 0.2) is 41.3 Å². The molecule has 1 aromatic heterocycles. The Hall–Kier alpha value is -1.86. The van der Waals surface area contributed by atoms with Crippen molar-refractivity contribution in [2.24, 2.45) is 0 Å². The Morgan fingerprint density at radius 2 is 1.78 bits per heavy atom. The van der Waals surface area contributed by atoms with E-state index in [0.29, 0.717) is 0 Å². The summed E-state index contributed by atoms with van der Waals surface area (Å²) in [5, 5.41) is 0. The second-order valence-corrected chi connectivity index (χ2v) is 8.75. The van der Waals surface area contributed by atoms with Crippen LogP contribution in [0.4, 0.5) is 5.69 Å². The first-order valence-corrected chi connectivity index (χ1v) is 9.25. The molecule has 23 heavy (non-hydrogen) atoms. The SMILES string of the molecule is COC(=O)c1sc(C(C)(C)C)cc1NS(=O)(=O)c1ccccc1. The smallest absolute Gasteiger partial charge is 0.350 e. The Labute approximate surface area is 140 Å². The highest BCUT2D eigenvalue weighted by molar-refractivity contribution is 7.92. The predicted molar refractivity (Wildman–Crippen MR) is 91.6 cm³/mol. The first kappa shape index (κ1) is 17.5. The van der Waals surface area contributed by atoms with Crippen LogP contribution >= 0.6 is 11.3 Å². The number of rotatable bonds is 4. The Morgan fingerprint density at radius 1 is 1.17 bits per heavy atom. The van der Waals surface area contributed by atoms with Crippen molar-refractivity contribution in [2.75, 3.05) is 11.8 Å². The summed E-state index contributed by atoms with van der Waals surface area (Å²) in [5.41, 5.74) is 0.0415. The van der Waals surface area contributed by atoms with Gasteiger partial charge in [-0.05, 0) is 23.6 Å². The Morgan fingerprint density at radius 3 is 2.30 bits per heavy atom. The minimum atomic E-state index is -3.76. The van der Waals surface area contributed by atoms with Crippen molar-refractivity contribution in [2.45, 2.75) is 31.1 Å². The van der Waals surface area contributed by atoms with Crippen molar-refractivity contribution < 1.29 is 17.9 Å². The molecule has 0 aliphatic rings. The lowest BCUT2D eigenvalue weighted by Gasteiger charge is -2.15. The highest BCUT2D eigenvalue weighted by Gasteiger charge is 2.26. The number of hydrogen-bond acceptors (Lipinski definition) is 5. The number of ether oxygens (including phenoxy) is 1. The van der Waals surface area contributed by atoms with Crippen LogP contribution in [-0.2, 0) is 20.2 Å². The molecule has 0 saturated carbocycles. The minimum absolute atomic E-state index is 0.138. The molecular formula is C16H19NO4S2. The van der Waals surface area contributed by atoms with E-state index in [1.165, 1.54) is 30.6 Å². The maximum absolute atomic E-state index is 12.5. The van der Waals surface area contributed by atoms with Crippen LogP contribution in [0, 0.1) is 0 Å². The molecule has 1 aromatic carbocycles. The van der Waals surface area contributed by atoms with Crippen molar-refractivity contribution in [1.29, 1.82) is 0 Å². The van der Waals surface area contributed by atoms with Crippen molar-refractivity contribution >= 4 is 33.0 Å². The number of hydrogen-bond donors (Lipinski definition) is 1. The second-order valence-electron chi connectivity index (χ2n) is 6.01. The van der Waals surface area contributed by atoms with E-state index >= 15 is 0 Å². The van der Waals surface area contributed by atoms with E-state index < -0.39 is 16.0 Å². The third-order valence-corrected chi connectivity index (χ3v) is 6.06. The number of esters is 1. The van der Waals surface area contributed by atoms with Crippen LogP contribution in [-0.4, -0.2) is 21.5 Å². The Bertz CT molecular complexity index is 802. The Kier molecular flexibility index (Phi) is 4.81. The molecule has 1 heterocycles. The molecule has 7 heteroatoms. The van der Waals surface area contributed by atoms with Crippen LogP contribution in [0.5, 0.6) is 0 Å². The quantitative estimate of drug-likeness (QED) is 0.852. The molecule has 0 unspecified atom stereocenters. The van der Waals surface area contributed by atoms with Gasteiger partial charge in [-0.15, -0.1) is 11.3 Å². The van der Waals surface area contributed by atoms with Gasteiger partial charge in [0.15, 0.2) is 0 Å². The summed E-state index contributed by atoms with van der Waals surface area (Å²) in [7, 11) is -2.49. The third-order valence-electron chi connectivity index (χ3n) is 3.14. The average Bonchev–Trinajstić information content (AvgIpc) is 2.90. The molecule has 0 amide bonds. The molecule has 2 aromatic rings. The van der Waals surface area contributed by atoms with Crippen molar-refractivity contribution in [1.82, 2.24) is 0 Å². The van der Waals surface area contributed by atoms with Crippen LogP contribution < -0.4 is 4.72 Å². The van der Waals surface area contributed by atoms with E-state index in [9.17, 15) is 13.2 Å². The van der Waals surface area contributed by atoms with Crippen molar-refractivity contribution in [3.63, 3.8) is 0 Å². The molecule has 2 rings (SSSR count).